The fraction of sp³-hybridized carbons (Fsp3) is 0.235. The van der Waals surface area contributed by atoms with Crippen molar-refractivity contribution < 1.29 is 14.3 Å². The summed E-state index contributed by atoms with van der Waals surface area (Å²) in [6.45, 7) is 1.75. The van der Waals surface area contributed by atoms with E-state index in [9.17, 15) is 4.79 Å². The predicted molar refractivity (Wildman–Crippen MR) is 85.1 cm³/mol. The van der Waals surface area contributed by atoms with E-state index in [1.165, 1.54) is 0 Å². The molecule has 0 aliphatic rings. The van der Waals surface area contributed by atoms with Crippen LogP contribution in [-0.4, -0.2) is 26.2 Å². The molecule has 0 heterocycles. The molecule has 2 rings (SSSR count). The molecule has 0 aliphatic heterocycles. The zero-order valence-electron chi connectivity index (χ0n) is 12.5. The van der Waals surface area contributed by atoms with Gasteiger partial charge in [0.1, 0.15) is 0 Å². The van der Waals surface area contributed by atoms with Crippen LogP contribution in [0.25, 0.3) is 11.1 Å². The van der Waals surface area contributed by atoms with E-state index in [2.05, 4.69) is 5.43 Å². The molecule has 0 bridgehead atoms. The number of methoxy groups -OCH3 is 1. The molecular weight excluding hydrogens is 280 g/mol. The number of carbonyl (C=O) groups is 1. The molecule has 0 saturated carbocycles. The van der Waals surface area contributed by atoms with Crippen LogP contribution in [0.4, 0.5) is 0 Å². The van der Waals surface area contributed by atoms with Crippen molar-refractivity contribution >= 4 is 5.91 Å². The highest BCUT2D eigenvalue weighted by Gasteiger charge is 2.04. The molecule has 5 heteroatoms. The Labute approximate surface area is 130 Å². The maximum Gasteiger partial charge on any atom is 0.265 e. The van der Waals surface area contributed by atoms with Crippen LogP contribution in [-0.2, 0) is 16.1 Å². The molecule has 2 aromatic carbocycles. The van der Waals surface area contributed by atoms with Gasteiger partial charge in [-0.3, -0.25) is 10.2 Å². The summed E-state index contributed by atoms with van der Waals surface area (Å²) >= 11 is 0. The highest BCUT2D eigenvalue weighted by atomic mass is 16.5. The standard InChI is InChI=1S/C17H20N2O3/c1-21-10-11-22-12-13-2-4-14(5-3-13)15-6-8-16(9-7-15)17(20)19-18/h2-9H,10-12,18H2,1H3,(H,19,20). The Bertz CT molecular complexity index is 594. The number of amides is 1. The Kier molecular flexibility index (Phi) is 6.09. The van der Waals surface area contributed by atoms with E-state index in [-0.39, 0.29) is 5.91 Å². The zero-order chi connectivity index (χ0) is 15.8. The topological polar surface area (TPSA) is 73.6 Å². The van der Waals surface area contributed by atoms with Gasteiger partial charge in [0, 0.05) is 12.7 Å². The average molecular weight is 300 g/mol. The van der Waals surface area contributed by atoms with Gasteiger partial charge in [0.25, 0.3) is 5.91 Å². The van der Waals surface area contributed by atoms with Crippen molar-refractivity contribution in [3.63, 3.8) is 0 Å². The summed E-state index contributed by atoms with van der Waals surface area (Å²) in [5.41, 5.74) is 5.89. The molecule has 5 nitrogen and oxygen atoms in total. The largest absolute Gasteiger partial charge is 0.382 e. The van der Waals surface area contributed by atoms with Gasteiger partial charge in [0.2, 0.25) is 0 Å². The minimum Gasteiger partial charge on any atom is -0.382 e. The second-order valence-corrected chi connectivity index (χ2v) is 4.79. The summed E-state index contributed by atoms with van der Waals surface area (Å²) in [5.74, 6) is 4.81. The van der Waals surface area contributed by atoms with E-state index >= 15 is 0 Å². The van der Waals surface area contributed by atoms with Gasteiger partial charge in [-0.15, -0.1) is 0 Å². The molecule has 0 aromatic heterocycles. The maximum absolute atomic E-state index is 11.4. The van der Waals surface area contributed by atoms with Gasteiger partial charge in [-0.05, 0) is 28.8 Å². The summed E-state index contributed by atoms with van der Waals surface area (Å²) < 4.78 is 10.4. The third kappa shape index (κ3) is 4.39. The van der Waals surface area contributed by atoms with E-state index in [4.69, 9.17) is 15.3 Å². The van der Waals surface area contributed by atoms with Gasteiger partial charge in [-0.25, -0.2) is 5.84 Å². The van der Waals surface area contributed by atoms with Gasteiger partial charge >= 0.3 is 0 Å². The molecule has 0 saturated heterocycles. The number of rotatable bonds is 7. The fourth-order valence-electron chi connectivity index (χ4n) is 2.02. The van der Waals surface area contributed by atoms with Crippen molar-refractivity contribution in [2.75, 3.05) is 20.3 Å². The summed E-state index contributed by atoms with van der Waals surface area (Å²) in [6.07, 6.45) is 0. The van der Waals surface area contributed by atoms with Crippen LogP contribution < -0.4 is 11.3 Å². The third-order valence-electron chi connectivity index (χ3n) is 3.27. The first-order valence-corrected chi connectivity index (χ1v) is 7.01. The number of hydrazine groups is 1. The molecule has 116 valence electrons. The molecule has 1 amide bonds. The highest BCUT2D eigenvalue weighted by Crippen LogP contribution is 2.20. The van der Waals surface area contributed by atoms with Gasteiger partial charge in [0.05, 0.1) is 19.8 Å². The monoisotopic (exact) mass is 300 g/mol. The number of nitrogens with two attached hydrogens (primary N) is 1. The van der Waals surface area contributed by atoms with Crippen LogP contribution in [0.5, 0.6) is 0 Å². The summed E-state index contributed by atoms with van der Waals surface area (Å²) in [7, 11) is 1.65. The molecule has 0 aliphatic carbocycles. The summed E-state index contributed by atoms with van der Waals surface area (Å²) in [6, 6.07) is 15.4. The van der Waals surface area contributed by atoms with Crippen molar-refractivity contribution in [3.8, 4) is 11.1 Å². The minimum atomic E-state index is -0.296. The van der Waals surface area contributed by atoms with Crippen molar-refractivity contribution in [3.05, 3.63) is 59.7 Å². The number of hydrogen-bond acceptors (Lipinski definition) is 4. The number of nitrogen functional groups attached to an aromatic ring is 1. The van der Waals surface area contributed by atoms with Gasteiger partial charge in [-0.2, -0.15) is 0 Å². The Morgan fingerprint density at radius 2 is 1.59 bits per heavy atom. The Hall–Kier alpha value is -2.21. The fourth-order valence-corrected chi connectivity index (χ4v) is 2.02. The molecule has 22 heavy (non-hydrogen) atoms. The second kappa shape index (κ2) is 8.29. The summed E-state index contributed by atoms with van der Waals surface area (Å²) in [5, 5.41) is 0. The molecule has 0 unspecified atom stereocenters. The van der Waals surface area contributed by atoms with E-state index in [1.807, 2.05) is 36.4 Å². The Morgan fingerprint density at radius 1 is 1.00 bits per heavy atom. The van der Waals surface area contributed by atoms with E-state index in [1.54, 1.807) is 19.2 Å². The molecule has 2 aromatic rings. The van der Waals surface area contributed by atoms with Crippen LogP contribution in [0.3, 0.4) is 0 Å². The minimum absolute atomic E-state index is 0.296. The Balaban J connectivity index is 1.99. The van der Waals surface area contributed by atoms with Crippen LogP contribution in [0.15, 0.2) is 48.5 Å². The van der Waals surface area contributed by atoms with Gasteiger partial charge in [-0.1, -0.05) is 36.4 Å². The number of carbonyl (C=O) groups excluding carboxylic acids is 1. The van der Waals surface area contributed by atoms with Gasteiger partial charge in [0.15, 0.2) is 0 Å². The number of nitrogens with one attached hydrogen (secondary N) is 1. The lowest BCUT2D eigenvalue weighted by Gasteiger charge is -2.07. The third-order valence-corrected chi connectivity index (χ3v) is 3.27. The molecule has 0 radical (unpaired) electrons. The van der Waals surface area contributed by atoms with Gasteiger partial charge < -0.3 is 9.47 Å². The number of ether oxygens (including phenoxy) is 2. The van der Waals surface area contributed by atoms with Crippen LogP contribution >= 0.6 is 0 Å². The SMILES string of the molecule is COCCOCc1ccc(-c2ccc(C(=O)NN)cc2)cc1. The quantitative estimate of drug-likeness (QED) is 0.355. The smallest absolute Gasteiger partial charge is 0.265 e. The van der Waals surface area contributed by atoms with Crippen molar-refractivity contribution in [1.82, 2.24) is 5.43 Å². The van der Waals surface area contributed by atoms with E-state index < -0.39 is 0 Å². The lowest BCUT2D eigenvalue weighted by Crippen LogP contribution is -2.29. The second-order valence-electron chi connectivity index (χ2n) is 4.79. The number of hydrogen-bond donors (Lipinski definition) is 2. The van der Waals surface area contributed by atoms with Crippen LogP contribution in [0.1, 0.15) is 15.9 Å². The first-order chi connectivity index (χ1) is 10.7. The van der Waals surface area contributed by atoms with Crippen LogP contribution in [0, 0.1) is 0 Å². The van der Waals surface area contributed by atoms with Crippen molar-refractivity contribution in [2.45, 2.75) is 6.61 Å². The maximum atomic E-state index is 11.4. The van der Waals surface area contributed by atoms with Crippen molar-refractivity contribution in [1.29, 1.82) is 0 Å². The first-order valence-electron chi connectivity index (χ1n) is 7.01. The normalized spacial score (nSPS) is 10.5. The Morgan fingerprint density at radius 3 is 2.14 bits per heavy atom. The molecule has 0 spiro atoms. The van der Waals surface area contributed by atoms with Crippen LogP contribution in [0.2, 0.25) is 0 Å². The molecule has 3 N–H and O–H groups in total. The molecule has 0 atom stereocenters. The van der Waals surface area contributed by atoms with Crippen molar-refractivity contribution in [2.24, 2.45) is 5.84 Å². The highest BCUT2D eigenvalue weighted by molar-refractivity contribution is 5.94. The van der Waals surface area contributed by atoms with E-state index in [0.717, 1.165) is 16.7 Å². The molecule has 0 fully saturated rings. The zero-order valence-corrected chi connectivity index (χ0v) is 12.5. The lowest BCUT2D eigenvalue weighted by atomic mass is 10.0. The summed E-state index contributed by atoms with van der Waals surface area (Å²) in [4.78, 5) is 11.4. The lowest BCUT2D eigenvalue weighted by molar-refractivity contribution is 0.0617. The number of benzene rings is 2. The molecular formula is C17H20N2O3. The van der Waals surface area contributed by atoms with E-state index in [0.29, 0.717) is 25.4 Å². The predicted octanol–water partition coefficient (Wildman–Crippen LogP) is 2.12. The first kappa shape index (κ1) is 16.2. The average Bonchev–Trinajstić information content (AvgIpc) is 2.59.